The van der Waals surface area contributed by atoms with Crippen LogP contribution >= 0.6 is 0 Å². The number of allylic oxidation sites excluding steroid dienone is 3. The van der Waals surface area contributed by atoms with Crippen molar-refractivity contribution in [3.05, 3.63) is 65.8 Å². The van der Waals surface area contributed by atoms with E-state index in [0.29, 0.717) is 90.7 Å². The number of carbonyl (C=O) groups is 1. The van der Waals surface area contributed by atoms with Gasteiger partial charge in [-0.2, -0.15) is 0 Å². The van der Waals surface area contributed by atoms with E-state index in [1.54, 1.807) is 20.2 Å². The molecule has 7 saturated carbocycles. The molecule has 13 nitrogen and oxygen atoms in total. The Morgan fingerprint density at radius 3 is 2.60 bits per heavy atom. The Kier molecular flexibility index (Phi) is 16.3. The van der Waals surface area contributed by atoms with E-state index >= 15 is 4.79 Å². The number of benzene rings is 2. The lowest BCUT2D eigenvalue weighted by Crippen LogP contribution is -2.57. The van der Waals surface area contributed by atoms with Crippen LogP contribution in [0, 0.1) is 105 Å². The highest BCUT2D eigenvalue weighted by Crippen LogP contribution is 2.70. The fourth-order valence-electron chi connectivity index (χ4n) is 21.4. The Bertz CT molecular complexity index is 3060. The van der Waals surface area contributed by atoms with Gasteiger partial charge < -0.3 is 50.0 Å². The largest absolute Gasteiger partial charge is 0.504 e. The van der Waals surface area contributed by atoms with Crippen LogP contribution in [0.5, 0.6) is 23.0 Å². The number of guanidine groups is 1. The second-order valence-electron chi connectivity index (χ2n) is 29.0. The lowest BCUT2D eigenvalue weighted by atomic mass is 9.45. The van der Waals surface area contributed by atoms with Crippen LogP contribution in [0.2, 0.25) is 0 Å². The molecule has 3 heterocycles. The second-order valence-corrected chi connectivity index (χ2v) is 29.0. The molecule has 2 aromatic rings. The summed E-state index contributed by atoms with van der Waals surface area (Å²) in [5.41, 5.74) is -0.0180. The van der Waals surface area contributed by atoms with Gasteiger partial charge in [-0.25, -0.2) is 0 Å². The highest BCUT2D eigenvalue weighted by molar-refractivity contribution is 5.97. The van der Waals surface area contributed by atoms with Gasteiger partial charge in [-0.15, -0.1) is 0 Å². The van der Waals surface area contributed by atoms with Gasteiger partial charge in [-0.05, 0) is 205 Å². The van der Waals surface area contributed by atoms with Crippen molar-refractivity contribution < 1.29 is 44.2 Å². The standard InChI is InChI=1S/C72H96N4O9/c1-5-46-17-21-53-54(15-12-33-77)56-16-10-29-71(56)52-38-58(76-66(74-3)75-32-11-14-50-13-9-28-70(50,63(80)24-22-57(71)55(53)35-46)40-47-18-23-59(79)60(36-47)82-4)65-61(39-52)84-69(45-73-2)41-62(67(31-34-83-65)26-7-6-8-27-67)68(43-69)30-25-51-37-48-19-20-49(42-78)64(48)85-72(51,81)44-68/h18,22-25,30,36,38-39,46,48-51,53-57,62,64,73,77-79,81H,5-10,12-17,19-21,26-29,33,35,37,40-45H2,1-4H3,(H2,74,75,76)/b24-22+/t46-,48-,49-,50-,51+,53+,54-,55+,56-,57-,62+,64+,68+,69+,70+,71+,72-/m1/s1. The number of hydrogen-bond acceptors (Lipinski definition) is 11. The van der Waals surface area contributed by atoms with Gasteiger partial charge in [-0.3, -0.25) is 15.1 Å². The summed E-state index contributed by atoms with van der Waals surface area (Å²) in [7, 11) is 5.37. The Morgan fingerprint density at radius 2 is 1.80 bits per heavy atom. The molecule has 11 aliphatic rings. The maximum absolute atomic E-state index is 16.0. The van der Waals surface area contributed by atoms with Gasteiger partial charge in [0.15, 0.2) is 28.8 Å². The molecule has 0 aromatic heterocycles. The number of ketones is 1. The Labute approximate surface area is 505 Å². The summed E-state index contributed by atoms with van der Waals surface area (Å²) in [4.78, 5) is 20.8. The predicted octanol–water partition coefficient (Wildman–Crippen LogP) is 11.5. The quantitative estimate of drug-likeness (QED) is 0.0884. The molecule has 0 unspecified atom stereocenters. The zero-order valence-corrected chi connectivity index (χ0v) is 51.2. The molecule has 0 radical (unpaired) electrons. The van der Waals surface area contributed by atoms with E-state index in [9.17, 15) is 20.4 Å². The molecule has 13 heteroatoms. The normalized spacial score (nSPS) is 41.1. The number of phenolic OH excluding ortho intramolecular Hbond substituents is 1. The summed E-state index contributed by atoms with van der Waals surface area (Å²) in [6, 6.07) is 13.4. The van der Waals surface area contributed by atoms with Gasteiger partial charge >= 0.3 is 0 Å². The maximum atomic E-state index is 16.0. The van der Waals surface area contributed by atoms with Crippen LogP contribution in [-0.2, 0) is 21.4 Å². The molecule has 2 aromatic carbocycles. The van der Waals surface area contributed by atoms with Crippen LogP contribution in [0.15, 0.2) is 59.6 Å². The van der Waals surface area contributed by atoms with Gasteiger partial charge in [0.2, 0.25) is 11.7 Å². The highest BCUT2D eigenvalue weighted by Gasteiger charge is 2.67. The first-order valence-electron chi connectivity index (χ1n) is 33.4. The topological polar surface area (TPSA) is 183 Å². The number of ether oxygens (including phenoxy) is 4. The summed E-state index contributed by atoms with van der Waals surface area (Å²) in [5, 5.41) is 55.9. The number of anilines is 1. The third kappa shape index (κ3) is 10.1. The first-order chi connectivity index (χ1) is 41.3. The van der Waals surface area contributed by atoms with Crippen molar-refractivity contribution in [1.29, 1.82) is 0 Å². The number of carbonyl (C=O) groups excluding carboxylic acids is 1. The monoisotopic (exact) mass is 1160 g/mol. The summed E-state index contributed by atoms with van der Waals surface area (Å²) in [5.74, 6) is 10.5. The zero-order chi connectivity index (χ0) is 58.8. The Morgan fingerprint density at radius 1 is 0.941 bits per heavy atom. The van der Waals surface area contributed by atoms with Crippen molar-refractivity contribution in [2.75, 3.05) is 46.3 Å². The van der Waals surface area contributed by atoms with E-state index in [-0.39, 0.29) is 66.4 Å². The van der Waals surface area contributed by atoms with Gasteiger partial charge in [0.25, 0.3) is 0 Å². The number of hydrogen-bond donors (Lipinski definition) is 7. The van der Waals surface area contributed by atoms with Crippen LogP contribution in [0.4, 0.5) is 5.69 Å². The number of nitrogens with one attached hydrogen (secondary N) is 3. The molecule has 4 bridgehead atoms. The number of methoxy groups -OCH3 is 1. The molecule has 0 amide bonds. The van der Waals surface area contributed by atoms with Crippen LogP contribution in [0.25, 0.3) is 0 Å². The molecule has 3 spiro atoms. The average Bonchev–Trinajstić information content (AvgIpc) is 1.85. The molecular weight excluding hydrogens is 1060 g/mol. The summed E-state index contributed by atoms with van der Waals surface area (Å²) in [6.45, 7) is 3.13. The Balaban J connectivity index is 0.994. The number of rotatable bonds is 10. The first-order valence-corrected chi connectivity index (χ1v) is 33.4. The molecule has 458 valence electrons. The van der Waals surface area contributed by atoms with Crippen molar-refractivity contribution in [3.8, 4) is 47.0 Å². The number of aliphatic imine (C=N–C) groups is 1. The predicted molar refractivity (Wildman–Crippen MR) is 330 cm³/mol. The number of fused-ring (bicyclic) bond motifs is 13. The SMILES string of the molecule is CC[C@@H]1CC[C@H]2[C@@H](CCCO)[C@H]3CCC[C@]34c3cc(c5c(c3)O[C@@]3(CNC)C[C@@H](C6(C#CO5)CCCCC6)[C@@]5(C=C[C@H]6C[C@H]7CC[C@H](CO)[C@H]7O[C@]6(O)C5)C3)NC(=NC)NC#CC[C@H]3CCC[C@@]3(Cc3ccc(O)c(OC)c3)C(=O)/C=C/[C@@H]4[C@H]2C1. The molecule has 85 heavy (non-hydrogen) atoms. The summed E-state index contributed by atoms with van der Waals surface area (Å²) >= 11 is 0. The lowest BCUT2D eigenvalue weighted by molar-refractivity contribution is -0.308. The minimum atomic E-state index is -1.39. The first kappa shape index (κ1) is 59.0. The van der Waals surface area contributed by atoms with Crippen LogP contribution in [0.3, 0.4) is 0 Å². The highest BCUT2D eigenvalue weighted by atomic mass is 16.6. The molecule has 8 fully saturated rings. The van der Waals surface area contributed by atoms with Gasteiger partial charge in [0.05, 0.1) is 18.9 Å². The van der Waals surface area contributed by atoms with Crippen LogP contribution in [0.1, 0.15) is 172 Å². The van der Waals surface area contributed by atoms with Crippen molar-refractivity contribution in [3.63, 3.8) is 0 Å². The smallest absolute Gasteiger partial charge is 0.207 e. The van der Waals surface area contributed by atoms with E-state index in [4.69, 9.17) is 23.9 Å². The van der Waals surface area contributed by atoms with E-state index in [1.807, 2.05) is 25.3 Å². The molecule has 13 rings (SSSR count). The minimum absolute atomic E-state index is 0.00543. The van der Waals surface area contributed by atoms with Crippen molar-refractivity contribution in [1.82, 2.24) is 10.6 Å². The van der Waals surface area contributed by atoms with Gasteiger partial charge in [0, 0.05) is 79.2 Å². The van der Waals surface area contributed by atoms with E-state index in [1.165, 1.54) is 12.0 Å². The number of nitrogens with zero attached hydrogens (tertiary/aromatic N) is 1. The maximum Gasteiger partial charge on any atom is 0.207 e. The van der Waals surface area contributed by atoms with Crippen molar-refractivity contribution in [2.24, 2.45) is 86.3 Å². The fraction of sp³-hybridized carbons (Fsp3) is 0.694. The fourth-order valence-corrected chi connectivity index (χ4v) is 21.4. The molecule has 17 atom stereocenters. The number of aromatic hydroxyl groups is 1. The van der Waals surface area contributed by atoms with Crippen LogP contribution < -0.4 is 30.2 Å². The van der Waals surface area contributed by atoms with Crippen molar-refractivity contribution >= 4 is 17.4 Å². The summed E-state index contributed by atoms with van der Waals surface area (Å²) < 4.78 is 27.8. The van der Waals surface area contributed by atoms with Gasteiger partial charge in [0.1, 0.15) is 11.7 Å². The van der Waals surface area contributed by atoms with Crippen LogP contribution in [-0.4, -0.2) is 90.6 Å². The molecule has 8 aliphatic carbocycles. The summed E-state index contributed by atoms with van der Waals surface area (Å²) in [6.07, 6.45) is 35.1. The Hall–Kier alpha value is -5.02. The number of likely N-dealkylation sites (N-methyl/N-ethyl adjacent to an activating group) is 1. The second kappa shape index (κ2) is 23.5. The third-order valence-corrected chi connectivity index (χ3v) is 25.0. The van der Waals surface area contributed by atoms with E-state index in [0.717, 1.165) is 134 Å². The number of phenols is 1. The molecule has 1 saturated heterocycles. The number of aliphatic hydroxyl groups is 3. The number of aliphatic hydroxyl groups excluding tert-OH is 2. The van der Waals surface area contributed by atoms with E-state index in [2.05, 4.69) is 77.2 Å². The zero-order valence-electron chi connectivity index (χ0n) is 51.2. The third-order valence-electron chi connectivity index (χ3n) is 25.0. The van der Waals surface area contributed by atoms with Gasteiger partial charge in [-0.1, -0.05) is 88.0 Å². The molecular formula is C72H96N4O9. The minimum Gasteiger partial charge on any atom is -0.504 e. The molecule has 3 aliphatic heterocycles. The average molecular weight is 1160 g/mol. The van der Waals surface area contributed by atoms with E-state index < -0.39 is 33.0 Å². The lowest BCUT2D eigenvalue weighted by Gasteiger charge is -2.59. The van der Waals surface area contributed by atoms with Crippen molar-refractivity contribution in [2.45, 2.75) is 190 Å². The molecule has 7 N–H and O–H groups in total.